The van der Waals surface area contributed by atoms with Gasteiger partial charge in [-0.15, -0.1) is 11.3 Å². The second kappa shape index (κ2) is 8.00. The summed E-state index contributed by atoms with van der Waals surface area (Å²) in [6, 6.07) is 20.6. The van der Waals surface area contributed by atoms with Crippen molar-refractivity contribution in [2.24, 2.45) is 11.0 Å². The topological polar surface area (TPSA) is 45.6 Å². The number of allylic oxidation sites excluding steroid dienone is 1. The summed E-state index contributed by atoms with van der Waals surface area (Å²) in [5.74, 6) is 0.165. The van der Waals surface area contributed by atoms with Crippen LogP contribution in [0, 0.1) is 12.8 Å². The molecule has 0 radical (unpaired) electrons. The van der Waals surface area contributed by atoms with Crippen molar-refractivity contribution in [2.45, 2.75) is 32.2 Å². The Hall–Kier alpha value is -3.05. The van der Waals surface area contributed by atoms with Crippen molar-refractivity contribution in [1.82, 2.24) is 9.99 Å². The highest BCUT2D eigenvalue weighted by Gasteiger charge is 2.44. The second-order valence-electron chi connectivity index (χ2n) is 7.84. The minimum atomic E-state index is -0.0744. The largest absolute Gasteiger partial charge is 0.286 e. The van der Waals surface area contributed by atoms with Gasteiger partial charge in [0, 0.05) is 5.92 Å². The molecule has 1 aliphatic carbocycles. The van der Waals surface area contributed by atoms with Gasteiger partial charge in [-0.2, -0.15) is 5.10 Å². The molecule has 2 aromatic carbocycles. The molecule has 2 heterocycles. The Bertz CT molecular complexity index is 1120. The zero-order valence-electron chi connectivity index (χ0n) is 16.9. The summed E-state index contributed by atoms with van der Waals surface area (Å²) in [6.45, 7) is 1.89. The standard InChI is InChI=1S/C25H23N3OS/c1-17-24(30-16-26-17)25(29)28-23(19-11-6-3-7-12-19)21-14-8-13-20(22(21)27-28)15-18-9-4-2-5-10-18/h2-7,9-12,15-16,21,23H,8,13-14H2,1H3/b20-15+/t21-,23-/m1/s1. The zero-order chi connectivity index (χ0) is 20.5. The van der Waals surface area contributed by atoms with Crippen LogP contribution >= 0.6 is 11.3 Å². The molecule has 0 saturated heterocycles. The highest BCUT2D eigenvalue weighted by Crippen LogP contribution is 2.45. The van der Waals surface area contributed by atoms with Gasteiger partial charge < -0.3 is 0 Å². The van der Waals surface area contributed by atoms with Crippen molar-refractivity contribution in [3.63, 3.8) is 0 Å². The molecule has 3 aromatic rings. The minimum Gasteiger partial charge on any atom is -0.266 e. The summed E-state index contributed by atoms with van der Waals surface area (Å²) in [7, 11) is 0. The van der Waals surface area contributed by atoms with E-state index < -0.39 is 0 Å². The maximum absolute atomic E-state index is 13.5. The maximum atomic E-state index is 13.5. The van der Waals surface area contributed by atoms with Gasteiger partial charge in [-0.25, -0.2) is 9.99 Å². The number of hydrazone groups is 1. The number of fused-ring (bicyclic) bond motifs is 1. The van der Waals surface area contributed by atoms with Gasteiger partial charge in [-0.1, -0.05) is 60.7 Å². The van der Waals surface area contributed by atoms with E-state index in [4.69, 9.17) is 5.10 Å². The van der Waals surface area contributed by atoms with Crippen LogP contribution in [0.25, 0.3) is 6.08 Å². The molecule has 2 atom stereocenters. The van der Waals surface area contributed by atoms with E-state index in [2.05, 4.69) is 47.5 Å². The van der Waals surface area contributed by atoms with E-state index in [0.29, 0.717) is 4.88 Å². The van der Waals surface area contributed by atoms with Crippen molar-refractivity contribution in [3.8, 4) is 0 Å². The molecule has 1 fully saturated rings. The Morgan fingerprint density at radius 2 is 1.83 bits per heavy atom. The highest BCUT2D eigenvalue weighted by molar-refractivity contribution is 7.11. The van der Waals surface area contributed by atoms with Gasteiger partial charge in [0.05, 0.1) is 23.0 Å². The monoisotopic (exact) mass is 413 g/mol. The molecule has 5 rings (SSSR count). The Labute approximate surface area is 180 Å². The van der Waals surface area contributed by atoms with Crippen LogP contribution in [-0.4, -0.2) is 21.6 Å². The summed E-state index contributed by atoms with van der Waals surface area (Å²) >= 11 is 1.39. The Kier molecular flexibility index (Phi) is 5.05. The molecule has 0 spiro atoms. The van der Waals surface area contributed by atoms with Gasteiger partial charge in [-0.05, 0) is 49.0 Å². The molecule has 2 aliphatic rings. The first kappa shape index (κ1) is 18.9. The van der Waals surface area contributed by atoms with E-state index in [1.54, 1.807) is 10.5 Å². The van der Waals surface area contributed by atoms with Gasteiger partial charge >= 0.3 is 0 Å². The van der Waals surface area contributed by atoms with Gasteiger partial charge in [0.15, 0.2) is 0 Å². The molecule has 150 valence electrons. The fourth-order valence-electron chi connectivity index (χ4n) is 4.51. The molecule has 1 aliphatic heterocycles. The van der Waals surface area contributed by atoms with Crippen molar-refractivity contribution in [1.29, 1.82) is 0 Å². The first-order chi connectivity index (χ1) is 14.7. The molecule has 30 heavy (non-hydrogen) atoms. The third-order valence-electron chi connectivity index (χ3n) is 5.93. The fourth-order valence-corrected chi connectivity index (χ4v) is 5.25. The van der Waals surface area contributed by atoms with Crippen molar-refractivity contribution < 1.29 is 4.79 Å². The molecule has 0 bridgehead atoms. The number of rotatable bonds is 3. The summed E-state index contributed by atoms with van der Waals surface area (Å²) in [5, 5.41) is 6.68. The van der Waals surface area contributed by atoms with Crippen LogP contribution in [-0.2, 0) is 0 Å². The number of nitrogens with zero attached hydrogens (tertiary/aromatic N) is 3. The van der Waals surface area contributed by atoms with Crippen LogP contribution in [0.2, 0.25) is 0 Å². The number of amides is 1. The molecule has 1 amide bonds. The van der Waals surface area contributed by atoms with Gasteiger partial charge in [0.2, 0.25) is 0 Å². The van der Waals surface area contributed by atoms with Crippen LogP contribution < -0.4 is 0 Å². The third-order valence-corrected chi connectivity index (χ3v) is 6.85. The Balaban J connectivity index is 1.59. The fraction of sp³-hybridized carbons (Fsp3) is 0.240. The SMILES string of the molecule is Cc1ncsc1C(=O)N1N=C2/C(=C/c3ccccc3)CCC[C@H]2[C@H]1c1ccccc1. The summed E-state index contributed by atoms with van der Waals surface area (Å²) in [4.78, 5) is 18.4. The van der Waals surface area contributed by atoms with Crippen LogP contribution in [0.5, 0.6) is 0 Å². The summed E-state index contributed by atoms with van der Waals surface area (Å²) in [6.07, 6.45) is 5.37. The van der Waals surface area contributed by atoms with Gasteiger partial charge in [0.1, 0.15) is 4.88 Å². The van der Waals surface area contributed by atoms with Crippen molar-refractivity contribution in [3.05, 3.63) is 93.4 Å². The van der Waals surface area contributed by atoms with Crippen molar-refractivity contribution >= 4 is 29.0 Å². The van der Waals surface area contributed by atoms with E-state index in [9.17, 15) is 4.79 Å². The lowest BCUT2D eigenvalue weighted by Crippen LogP contribution is -2.31. The average Bonchev–Trinajstić information content (AvgIpc) is 3.39. The van der Waals surface area contributed by atoms with E-state index >= 15 is 0 Å². The van der Waals surface area contributed by atoms with Gasteiger partial charge in [-0.3, -0.25) is 4.79 Å². The van der Waals surface area contributed by atoms with E-state index in [0.717, 1.165) is 36.2 Å². The number of thiazole rings is 1. The summed E-state index contributed by atoms with van der Waals surface area (Å²) < 4.78 is 0. The normalized spacial score (nSPS) is 22.1. The molecule has 0 unspecified atom stereocenters. The number of benzene rings is 2. The predicted octanol–water partition coefficient (Wildman–Crippen LogP) is 5.89. The molecule has 1 aromatic heterocycles. The lowest BCUT2D eigenvalue weighted by Gasteiger charge is -2.29. The van der Waals surface area contributed by atoms with Gasteiger partial charge in [0.25, 0.3) is 5.91 Å². The number of hydrogen-bond acceptors (Lipinski definition) is 4. The predicted molar refractivity (Wildman–Crippen MR) is 121 cm³/mol. The number of aromatic nitrogens is 1. The number of aryl methyl sites for hydroxylation is 1. The lowest BCUT2D eigenvalue weighted by molar-refractivity contribution is 0.0685. The quantitative estimate of drug-likeness (QED) is 0.537. The summed E-state index contributed by atoms with van der Waals surface area (Å²) in [5.41, 5.74) is 7.13. The first-order valence-corrected chi connectivity index (χ1v) is 11.2. The average molecular weight is 414 g/mol. The van der Waals surface area contributed by atoms with E-state index in [-0.39, 0.29) is 17.9 Å². The first-order valence-electron chi connectivity index (χ1n) is 10.4. The zero-order valence-corrected chi connectivity index (χ0v) is 17.7. The Morgan fingerprint density at radius 1 is 1.10 bits per heavy atom. The molecule has 4 nitrogen and oxygen atoms in total. The van der Waals surface area contributed by atoms with Crippen molar-refractivity contribution in [2.75, 3.05) is 0 Å². The molecular weight excluding hydrogens is 390 g/mol. The second-order valence-corrected chi connectivity index (χ2v) is 8.69. The Morgan fingerprint density at radius 3 is 2.53 bits per heavy atom. The minimum absolute atomic E-state index is 0.0511. The molecular formula is C25H23N3OS. The highest BCUT2D eigenvalue weighted by atomic mass is 32.1. The van der Waals surface area contributed by atoms with Crippen LogP contribution in [0.1, 0.15) is 51.8 Å². The molecule has 1 saturated carbocycles. The lowest BCUT2D eigenvalue weighted by atomic mass is 9.77. The van der Waals surface area contributed by atoms with Crippen LogP contribution in [0.4, 0.5) is 0 Å². The third kappa shape index (κ3) is 3.39. The van der Waals surface area contributed by atoms with Crippen LogP contribution in [0.15, 0.2) is 76.8 Å². The smallest absolute Gasteiger partial charge is 0.266 e. The molecule has 5 heteroatoms. The molecule has 0 N–H and O–H groups in total. The number of hydrogen-bond donors (Lipinski definition) is 0. The maximum Gasteiger partial charge on any atom is 0.286 e. The van der Waals surface area contributed by atoms with E-state index in [1.807, 2.05) is 31.2 Å². The number of carbonyl (C=O) groups excluding carboxylic acids is 1. The van der Waals surface area contributed by atoms with Crippen LogP contribution in [0.3, 0.4) is 0 Å². The van der Waals surface area contributed by atoms with E-state index in [1.165, 1.54) is 22.5 Å². The number of carbonyl (C=O) groups is 1.